The molecule has 6 nitrogen and oxygen atoms in total. The molecule has 2 N–H and O–H groups in total. The molecule has 1 atom stereocenters. The number of fused-ring (bicyclic) bond motifs is 1. The average molecular weight is 351 g/mol. The van der Waals surface area contributed by atoms with Gasteiger partial charge in [0, 0.05) is 11.9 Å². The second kappa shape index (κ2) is 7.15. The summed E-state index contributed by atoms with van der Waals surface area (Å²) in [5.74, 6) is 0.886. The Morgan fingerprint density at radius 1 is 1.08 bits per heavy atom. The number of aromatic nitrogens is 3. The smallest absolute Gasteiger partial charge is 0.319 e. The zero-order valence-electron chi connectivity index (χ0n) is 15.9. The number of rotatable bonds is 4. The number of carbonyl (C=O) groups excluding carboxylic acids is 1. The zero-order valence-corrected chi connectivity index (χ0v) is 15.9. The van der Waals surface area contributed by atoms with Crippen molar-refractivity contribution in [1.82, 2.24) is 19.9 Å². The average Bonchev–Trinajstić information content (AvgIpc) is 2.99. The number of amides is 2. The summed E-state index contributed by atoms with van der Waals surface area (Å²) >= 11 is 0. The van der Waals surface area contributed by atoms with Crippen molar-refractivity contribution in [3.8, 4) is 0 Å². The van der Waals surface area contributed by atoms with Gasteiger partial charge in [0.15, 0.2) is 11.5 Å². The molecule has 0 bridgehead atoms. The number of nitrogens with one attached hydrogen (secondary N) is 2. The molecule has 26 heavy (non-hydrogen) atoms. The first kappa shape index (κ1) is 17.9. The molecule has 2 aromatic heterocycles. The zero-order chi connectivity index (χ0) is 18.8. The predicted molar refractivity (Wildman–Crippen MR) is 103 cm³/mol. The van der Waals surface area contributed by atoms with E-state index in [1.165, 1.54) is 5.56 Å². The van der Waals surface area contributed by atoms with Crippen LogP contribution in [-0.4, -0.2) is 20.6 Å². The number of urea groups is 1. The molecule has 136 valence electrons. The van der Waals surface area contributed by atoms with Crippen LogP contribution in [0.2, 0.25) is 0 Å². The van der Waals surface area contributed by atoms with Gasteiger partial charge in [0.2, 0.25) is 0 Å². The quantitative estimate of drug-likeness (QED) is 0.741. The van der Waals surface area contributed by atoms with Crippen molar-refractivity contribution in [2.45, 2.75) is 40.7 Å². The van der Waals surface area contributed by atoms with E-state index >= 15 is 0 Å². The minimum absolute atomic E-state index is 0.161. The van der Waals surface area contributed by atoms with Crippen molar-refractivity contribution < 1.29 is 4.79 Å². The van der Waals surface area contributed by atoms with Gasteiger partial charge in [-0.3, -0.25) is 4.40 Å². The van der Waals surface area contributed by atoms with E-state index in [1.807, 2.05) is 42.6 Å². The third kappa shape index (κ3) is 3.54. The Kier molecular flexibility index (Phi) is 4.93. The minimum atomic E-state index is -0.251. The van der Waals surface area contributed by atoms with Crippen LogP contribution in [-0.2, 0) is 0 Å². The molecule has 0 aliphatic heterocycles. The number of anilines is 1. The van der Waals surface area contributed by atoms with E-state index in [0.29, 0.717) is 0 Å². The van der Waals surface area contributed by atoms with Crippen molar-refractivity contribution in [3.05, 3.63) is 59.0 Å². The van der Waals surface area contributed by atoms with Crippen LogP contribution in [0.1, 0.15) is 42.4 Å². The minimum Gasteiger partial charge on any atom is -0.328 e. The van der Waals surface area contributed by atoms with E-state index in [4.69, 9.17) is 0 Å². The molecule has 0 fully saturated rings. The van der Waals surface area contributed by atoms with E-state index in [1.54, 1.807) is 0 Å². The number of benzene rings is 1. The highest BCUT2D eigenvalue weighted by Gasteiger charge is 2.24. The maximum atomic E-state index is 12.7. The van der Waals surface area contributed by atoms with Crippen LogP contribution >= 0.6 is 0 Å². The summed E-state index contributed by atoms with van der Waals surface area (Å²) in [7, 11) is 0. The number of hydrogen-bond acceptors (Lipinski definition) is 3. The molecule has 0 saturated carbocycles. The molecular weight excluding hydrogens is 326 g/mol. The Balaban J connectivity index is 1.84. The van der Waals surface area contributed by atoms with Gasteiger partial charge < -0.3 is 10.6 Å². The second-order valence-electron chi connectivity index (χ2n) is 7.08. The summed E-state index contributed by atoms with van der Waals surface area (Å²) in [5, 5.41) is 14.5. The third-order valence-electron chi connectivity index (χ3n) is 4.49. The highest BCUT2D eigenvalue weighted by atomic mass is 16.2. The fourth-order valence-electron chi connectivity index (χ4n) is 3.27. The number of aryl methyl sites for hydroxylation is 3. The van der Waals surface area contributed by atoms with Crippen LogP contribution < -0.4 is 10.6 Å². The summed E-state index contributed by atoms with van der Waals surface area (Å²) < 4.78 is 1.91. The largest absolute Gasteiger partial charge is 0.328 e. The molecule has 0 spiro atoms. The van der Waals surface area contributed by atoms with Crippen molar-refractivity contribution >= 4 is 17.4 Å². The molecule has 0 radical (unpaired) electrons. The number of nitrogens with zero attached hydrogens (tertiary/aromatic N) is 3. The SMILES string of the molecule is Cc1cc(C)c(NC(=O)NC(c2nnc3ccccn23)C(C)C)c(C)c1. The van der Waals surface area contributed by atoms with E-state index in [2.05, 4.69) is 53.7 Å². The van der Waals surface area contributed by atoms with Crippen LogP contribution in [0.5, 0.6) is 0 Å². The number of hydrogen-bond donors (Lipinski definition) is 2. The molecule has 2 heterocycles. The highest BCUT2D eigenvalue weighted by Crippen LogP contribution is 2.24. The van der Waals surface area contributed by atoms with Gasteiger partial charge in [0.1, 0.15) is 0 Å². The summed E-state index contributed by atoms with van der Waals surface area (Å²) in [6.45, 7) is 10.2. The number of pyridine rings is 1. The Morgan fingerprint density at radius 3 is 2.42 bits per heavy atom. The van der Waals surface area contributed by atoms with Gasteiger partial charge in [0.25, 0.3) is 0 Å². The molecule has 0 saturated heterocycles. The molecule has 3 rings (SSSR count). The second-order valence-corrected chi connectivity index (χ2v) is 7.08. The molecule has 0 aliphatic rings. The normalized spacial score (nSPS) is 12.4. The van der Waals surface area contributed by atoms with E-state index < -0.39 is 0 Å². The lowest BCUT2D eigenvalue weighted by Crippen LogP contribution is -2.36. The van der Waals surface area contributed by atoms with Crippen molar-refractivity contribution in [3.63, 3.8) is 0 Å². The van der Waals surface area contributed by atoms with Crippen molar-refractivity contribution in [2.75, 3.05) is 5.32 Å². The summed E-state index contributed by atoms with van der Waals surface area (Å²) in [5.41, 5.74) is 4.89. The Labute approximate surface area is 153 Å². The Bertz CT molecular complexity index is 921. The molecule has 3 aromatic rings. The molecule has 1 aromatic carbocycles. The van der Waals surface area contributed by atoms with Crippen molar-refractivity contribution in [2.24, 2.45) is 5.92 Å². The van der Waals surface area contributed by atoms with Gasteiger partial charge in [-0.15, -0.1) is 10.2 Å². The lowest BCUT2D eigenvalue weighted by molar-refractivity contribution is 0.243. The molecule has 1 unspecified atom stereocenters. The maximum absolute atomic E-state index is 12.7. The summed E-state index contributed by atoms with van der Waals surface area (Å²) in [6.07, 6.45) is 1.91. The molecule has 6 heteroatoms. The lowest BCUT2D eigenvalue weighted by Gasteiger charge is -2.22. The van der Waals surface area contributed by atoms with E-state index in [9.17, 15) is 4.79 Å². The Hall–Kier alpha value is -2.89. The van der Waals surface area contributed by atoms with Gasteiger partial charge in [-0.05, 0) is 49.9 Å². The fourth-order valence-corrected chi connectivity index (χ4v) is 3.27. The lowest BCUT2D eigenvalue weighted by atomic mass is 10.0. The Morgan fingerprint density at radius 2 is 1.77 bits per heavy atom. The summed E-state index contributed by atoms with van der Waals surface area (Å²) in [6, 6.07) is 9.37. The summed E-state index contributed by atoms with van der Waals surface area (Å²) in [4.78, 5) is 12.7. The maximum Gasteiger partial charge on any atom is 0.319 e. The predicted octanol–water partition coefficient (Wildman–Crippen LogP) is 4.17. The first-order chi connectivity index (χ1) is 12.4. The van der Waals surface area contributed by atoms with E-state index in [-0.39, 0.29) is 18.0 Å². The third-order valence-corrected chi connectivity index (χ3v) is 4.49. The molecule has 2 amide bonds. The van der Waals surface area contributed by atoms with Crippen LogP contribution in [0.4, 0.5) is 10.5 Å². The van der Waals surface area contributed by atoms with Gasteiger partial charge >= 0.3 is 6.03 Å². The first-order valence-corrected chi connectivity index (χ1v) is 8.82. The van der Waals surface area contributed by atoms with E-state index in [0.717, 1.165) is 28.3 Å². The molecule has 0 aliphatic carbocycles. The highest BCUT2D eigenvalue weighted by molar-refractivity contribution is 5.91. The fraction of sp³-hybridized carbons (Fsp3) is 0.350. The number of carbonyl (C=O) groups is 1. The monoisotopic (exact) mass is 351 g/mol. The van der Waals surface area contributed by atoms with Crippen LogP contribution in [0.3, 0.4) is 0 Å². The topological polar surface area (TPSA) is 71.3 Å². The first-order valence-electron chi connectivity index (χ1n) is 8.82. The van der Waals surface area contributed by atoms with Crippen molar-refractivity contribution in [1.29, 1.82) is 0 Å². The van der Waals surface area contributed by atoms with Crippen LogP contribution in [0, 0.1) is 26.7 Å². The van der Waals surface area contributed by atoms with Gasteiger partial charge in [0.05, 0.1) is 6.04 Å². The van der Waals surface area contributed by atoms with Gasteiger partial charge in [-0.25, -0.2) is 4.79 Å². The molecular formula is C20H25N5O. The van der Waals surface area contributed by atoms with Gasteiger partial charge in [-0.2, -0.15) is 0 Å². The standard InChI is InChI=1S/C20H25N5O/c1-12(2)17(19-24-23-16-8-6-7-9-25(16)19)21-20(26)22-18-14(4)10-13(3)11-15(18)5/h6-12,17H,1-5H3,(H2,21,22,26). The van der Waals surface area contributed by atoms with Crippen LogP contribution in [0.25, 0.3) is 5.65 Å². The van der Waals surface area contributed by atoms with Gasteiger partial charge in [-0.1, -0.05) is 37.6 Å². The van der Waals surface area contributed by atoms with Crippen LogP contribution in [0.15, 0.2) is 36.5 Å².